The maximum atomic E-state index is 6.23. The summed E-state index contributed by atoms with van der Waals surface area (Å²) in [7, 11) is 0. The molecular formula is C24H29BrN2. The van der Waals surface area contributed by atoms with E-state index in [1.54, 1.807) is 0 Å². The van der Waals surface area contributed by atoms with E-state index in [9.17, 15) is 0 Å². The number of hydrogen-bond acceptors (Lipinski definition) is 2. The molecule has 0 aliphatic heterocycles. The molecule has 4 N–H and O–H groups in total. The fourth-order valence-corrected chi connectivity index (χ4v) is 6.67. The molecule has 2 aromatic carbocycles. The molecule has 0 saturated carbocycles. The lowest BCUT2D eigenvalue weighted by atomic mass is 9.99. The van der Waals surface area contributed by atoms with E-state index >= 15 is 0 Å². The SMILES string of the molecule is Nc1c2c(c(Br)c3c1CCC3)CCC2.Nc1c2c(cc3c1CCC3)CCC2. The van der Waals surface area contributed by atoms with Crippen molar-refractivity contribution in [2.24, 2.45) is 0 Å². The van der Waals surface area contributed by atoms with Gasteiger partial charge in [-0.15, -0.1) is 0 Å². The fraction of sp³-hybridized carbons (Fsp3) is 0.500. The molecule has 0 aromatic heterocycles. The van der Waals surface area contributed by atoms with Gasteiger partial charge in [-0.25, -0.2) is 0 Å². The zero-order valence-electron chi connectivity index (χ0n) is 16.1. The monoisotopic (exact) mass is 424 g/mol. The molecule has 3 heteroatoms. The van der Waals surface area contributed by atoms with Crippen LogP contribution in [0.2, 0.25) is 0 Å². The van der Waals surface area contributed by atoms with Gasteiger partial charge in [0, 0.05) is 15.8 Å². The average Bonchev–Trinajstić information content (AvgIpc) is 3.46. The Balaban J connectivity index is 0.000000119. The van der Waals surface area contributed by atoms with Crippen LogP contribution in [-0.2, 0) is 51.4 Å². The van der Waals surface area contributed by atoms with E-state index in [-0.39, 0.29) is 0 Å². The molecule has 6 rings (SSSR count). The Labute approximate surface area is 170 Å². The number of benzene rings is 2. The van der Waals surface area contributed by atoms with Crippen molar-refractivity contribution in [3.8, 4) is 0 Å². The average molecular weight is 425 g/mol. The van der Waals surface area contributed by atoms with Crippen LogP contribution in [0.25, 0.3) is 0 Å². The lowest BCUT2D eigenvalue weighted by Gasteiger charge is -2.13. The number of halogens is 1. The third-order valence-corrected chi connectivity index (χ3v) is 8.09. The summed E-state index contributed by atoms with van der Waals surface area (Å²) >= 11 is 3.76. The number of nitrogen functional groups attached to an aromatic ring is 2. The van der Waals surface area contributed by atoms with Gasteiger partial charge < -0.3 is 11.5 Å². The molecule has 0 unspecified atom stereocenters. The summed E-state index contributed by atoms with van der Waals surface area (Å²) in [6.07, 6.45) is 14.9. The van der Waals surface area contributed by atoms with Gasteiger partial charge in [0.05, 0.1) is 0 Å². The molecule has 0 fully saturated rings. The van der Waals surface area contributed by atoms with Crippen LogP contribution in [0.4, 0.5) is 11.4 Å². The van der Waals surface area contributed by atoms with E-state index in [1.165, 1.54) is 126 Å². The summed E-state index contributed by atoms with van der Waals surface area (Å²) < 4.78 is 1.38. The molecule has 0 atom stereocenters. The number of nitrogens with two attached hydrogens (primary N) is 2. The third kappa shape index (κ3) is 2.81. The van der Waals surface area contributed by atoms with Gasteiger partial charge in [0.2, 0.25) is 0 Å². The van der Waals surface area contributed by atoms with Crippen LogP contribution in [0.1, 0.15) is 70.2 Å². The van der Waals surface area contributed by atoms with Gasteiger partial charge in [-0.2, -0.15) is 0 Å². The van der Waals surface area contributed by atoms with Crippen molar-refractivity contribution < 1.29 is 0 Å². The van der Waals surface area contributed by atoms with E-state index in [2.05, 4.69) is 22.0 Å². The number of anilines is 2. The van der Waals surface area contributed by atoms with Crippen LogP contribution in [0.3, 0.4) is 0 Å². The second kappa shape index (κ2) is 6.84. The van der Waals surface area contributed by atoms with E-state index in [0.717, 1.165) is 11.4 Å². The van der Waals surface area contributed by atoms with Crippen LogP contribution in [0, 0.1) is 0 Å². The highest BCUT2D eigenvalue weighted by Gasteiger charge is 2.26. The first-order chi connectivity index (χ1) is 13.1. The molecule has 0 heterocycles. The topological polar surface area (TPSA) is 52.0 Å². The molecule has 0 saturated heterocycles. The molecule has 142 valence electrons. The number of fused-ring (bicyclic) bond motifs is 4. The zero-order valence-corrected chi connectivity index (χ0v) is 17.7. The van der Waals surface area contributed by atoms with Crippen LogP contribution in [0.15, 0.2) is 10.5 Å². The molecule has 0 amide bonds. The number of hydrogen-bond donors (Lipinski definition) is 2. The van der Waals surface area contributed by atoms with Gasteiger partial charge in [-0.1, -0.05) is 22.0 Å². The summed E-state index contributed by atoms with van der Waals surface area (Å²) in [5, 5.41) is 0. The van der Waals surface area contributed by atoms with Crippen molar-refractivity contribution in [3.05, 3.63) is 55.0 Å². The van der Waals surface area contributed by atoms with Gasteiger partial charge in [0.1, 0.15) is 0 Å². The lowest BCUT2D eigenvalue weighted by Crippen LogP contribution is -2.01. The van der Waals surface area contributed by atoms with E-state index in [0.29, 0.717) is 0 Å². The van der Waals surface area contributed by atoms with E-state index in [4.69, 9.17) is 11.5 Å². The Morgan fingerprint density at radius 2 is 0.889 bits per heavy atom. The zero-order chi connectivity index (χ0) is 18.5. The first-order valence-electron chi connectivity index (χ1n) is 10.7. The second-order valence-electron chi connectivity index (χ2n) is 8.62. The van der Waals surface area contributed by atoms with Gasteiger partial charge in [0.25, 0.3) is 0 Å². The second-order valence-corrected chi connectivity index (χ2v) is 9.41. The summed E-state index contributed by atoms with van der Waals surface area (Å²) in [6.45, 7) is 0. The molecule has 4 aliphatic rings. The predicted molar refractivity (Wildman–Crippen MR) is 118 cm³/mol. The predicted octanol–water partition coefficient (Wildman–Crippen LogP) is 5.25. The molecule has 0 bridgehead atoms. The fourth-order valence-electron chi connectivity index (χ4n) is 5.79. The van der Waals surface area contributed by atoms with Crippen LogP contribution in [0.5, 0.6) is 0 Å². The number of rotatable bonds is 0. The normalized spacial score (nSPS) is 18.6. The van der Waals surface area contributed by atoms with Crippen LogP contribution in [-0.4, -0.2) is 0 Å². The first kappa shape index (κ1) is 17.6. The van der Waals surface area contributed by atoms with Gasteiger partial charge in [-0.05, 0) is 122 Å². The molecule has 4 aliphatic carbocycles. The Morgan fingerprint density at radius 3 is 1.41 bits per heavy atom. The van der Waals surface area contributed by atoms with Crippen molar-refractivity contribution in [1.29, 1.82) is 0 Å². The van der Waals surface area contributed by atoms with Gasteiger partial charge in [-0.3, -0.25) is 0 Å². The quantitative estimate of drug-likeness (QED) is 0.566. The van der Waals surface area contributed by atoms with Crippen LogP contribution >= 0.6 is 15.9 Å². The minimum Gasteiger partial charge on any atom is -0.398 e. The highest BCUT2D eigenvalue weighted by molar-refractivity contribution is 9.10. The molecule has 0 spiro atoms. The van der Waals surface area contributed by atoms with Crippen molar-refractivity contribution in [1.82, 2.24) is 0 Å². The Bertz CT molecular complexity index is 825. The molecule has 0 radical (unpaired) electrons. The van der Waals surface area contributed by atoms with Crippen molar-refractivity contribution >= 4 is 27.3 Å². The highest BCUT2D eigenvalue weighted by Crippen LogP contribution is 2.42. The highest BCUT2D eigenvalue weighted by atomic mass is 79.9. The maximum absolute atomic E-state index is 6.23. The maximum Gasteiger partial charge on any atom is 0.0385 e. The van der Waals surface area contributed by atoms with Crippen molar-refractivity contribution in [2.45, 2.75) is 77.0 Å². The van der Waals surface area contributed by atoms with Gasteiger partial charge in [0.15, 0.2) is 0 Å². The third-order valence-electron chi connectivity index (χ3n) is 7.14. The standard InChI is InChI=1S/C12H14BrN.C12H15N/c13-11-7-3-1-5-9(7)12(14)10-6-2-4-8(10)11;13-12-10-5-1-3-8(10)7-9-4-2-6-11(9)12/h1-6,14H2;7H,1-6,13H2. The summed E-state index contributed by atoms with van der Waals surface area (Å²) in [5.74, 6) is 0. The van der Waals surface area contributed by atoms with Crippen molar-refractivity contribution in [3.63, 3.8) is 0 Å². The minimum absolute atomic E-state index is 1.12. The Morgan fingerprint density at radius 1 is 0.519 bits per heavy atom. The number of aryl methyl sites for hydroxylation is 2. The largest absolute Gasteiger partial charge is 0.398 e. The molecule has 27 heavy (non-hydrogen) atoms. The van der Waals surface area contributed by atoms with E-state index in [1.807, 2.05) is 0 Å². The Hall–Kier alpha value is -1.48. The minimum atomic E-state index is 1.12. The lowest BCUT2D eigenvalue weighted by molar-refractivity contribution is 0.896. The van der Waals surface area contributed by atoms with Crippen LogP contribution < -0.4 is 11.5 Å². The summed E-state index contributed by atoms with van der Waals surface area (Å²) in [5.41, 5.74) is 26.6. The molecular weight excluding hydrogens is 396 g/mol. The molecule has 2 nitrogen and oxygen atoms in total. The Kier molecular flexibility index (Phi) is 4.46. The molecule has 2 aromatic rings. The van der Waals surface area contributed by atoms with Gasteiger partial charge >= 0.3 is 0 Å². The smallest absolute Gasteiger partial charge is 0.0385 e. The summed E-state index contributed by atoms with van der Waals surface area (Å²) in [6, 6.07) is 2.42. The van der Waals surface area contributed by atoms with E-state index < -0.39 is 0 Å². The van der Waals surface area contributed by atoms with Crippen molar-refractivity contribution in [2.75, 3.05) is 11.5 Å². The first-order valence-corrected chi connectivity index (χ1v) is 11.5. The summed E-state index contributed by atoms with van der Waals surface area (Å²) in [4.78, 5) is 0.